The molecule has 1 atom stereocenters. The Hall–Kier alpha value is -1.46. The molecule has 152 valence electrons. The fourth-order valence-corrected chi connectivity index (χ4v) is 7.50. The van der Waals surface area contributed by atoms with Crippen LogP contribution in [0.25, 0.3) is 10.8 Å². The smallest absolute Gasteiger partial charge is 0.258 e. The minimum Gasteiger partial charge on any atom is -0.359 e. The zero-order valence-corrected chi connectivity index (χ0v) is 19.1. The number of thiocarbonyl (C=S) groups is 1. The van der Waals surface area contributed by atoms with Crippen LogP contribution in [0.1, 0.15) is 55.8 Å². The van der Waals surface area contributed by atoms with Crippen LogP contribution >= 0.6 is 28.1 Å². The van der Waals surface area contributed by atoms with Gasteiger partial charge in [0.15, 0.2) is 5.11 Å². The van der Waals surface area contributed by atoms with E-state index in [2.05, 4.69) is 33.5 Å². The second-order valence-electron chi connectivity index (χ2n) is 9.57. The van der Waals surface area contributed by atoms with E-state index in [-0.39, 0.29) is 5.91 Å². The Kier molecular flexibility index (Phi) is 4.94. The lowest BCUT2D eigenvalue weighted by Crippen LogP contribution is -2.57. The van der Waals surface area contributed by atoms with Crippen LogP contribution in [0.15, 0.2) is 40.9 Å². The van der Waals surface area contributed by atoms with Crippen molar-refractivity contribution in [3.05, 3.63) is 46.4 Å². The van der Waals surface area contributed by atoms with Crippen molar-refractivity contribution in [3.63, 3.8) is 0 Å². The molecular formula is C24H27BrN2OS. The molecule has 3 nitrogen and oxygen atoms in total. The van der Waals surface area contributed by atoms with Gasteiger partial charge in [-0.3, -0.25) is 10.1 Å². The lowest BCUT2D eigenvalue weighted by atomic mass is 9.48. The largest absolute Gasteiger partial charge is 0.359 e. The van der Waals surface area contributed by atoms with Crippen LogP contribution in [-0.4, -0.2) is 17.1 Å². The fraction of sp³-hybridized carbons (Fsp3) is 0.500. The Bertz CT molecular complexity index is 953. The second kappa shape index (κ2) is 7.35. The maximum Gasteiger partial charge on any atom is 0.258 e. The first-order valence-corrected chi connectivity index (χ1v) is 11.9. The highest BCUT2D eigenvalue weighted by molar-refractivity contribution is 9.10. The van der Waals surface area contributed by atoms with Gasteiger partial charge in [-0.25, -0.2) is 0 Å². The number of halogens is 1. The quantitative estimate of drug-likeness (QED) is 0.555. The zero-order chi connectivity index (χ0) is 20.2. The lowest BCUT2D eigenvalue weighted by Gasteiger charge is -2.59. The van der Waals surface area contributed by atoms with Crippen LogP contribution in [0.4, 0.5) is 0 Å². The molecule has 0 saturated heterocycles. The molecule has 4 aliphatic rings. The number of carbonyl (C=O) groups excluding carboxylic acids is 1. The van der Waals surface area contributed by atoms with Gasteiger partial charge in [-0.05, 0) is 104 Å². The Morgan fingerprint density at radius 1 is 1.03 bits per heavy atom. The van der Waals surface area contributed by atoms with Crippen molar-refractivity contribution in [2.24, 2.45) is 23.2 Å². The average molecular weight is 471 g/mol. The highest BCUT2D eigenvalue weighted by Gasteiger charge is 2.53. The van der Waals surface area contributed by atoms with Gasteiger partial charge in [-0.1, -0.05) is 40.2 Å². The Morgan fingerprint density at radius 3 is 2.28 bits per heavy atom. The predicted molar refractivity (Wildman–Crippen MR) is 125 cm³/mol. The summed E-state index contributed by atoms with van der Waals surface area (Å²) >= 11 is 9.13. The molecule has 4 bridgehead atoms. The molecule has 0 spiro atoms. The highest BCUT2D eigenvalue weighted by Crippen LogP contribution is 2.61. The van der Waals surface area contributed by atoms with Crippen LogP contribution < -0.4 is 10.6 Å². The van der Waals surface area contributed by atoms with Gasteiger partial charge in [-0.2, -0.15) is 0 Å². The molecule has 2 aromatic rings. The van der Waals surface area contributed by atoms with E-state index in [4.69, 9.17) is 12.2 Å². The number of nitrogens with one attached hydrogen (secondary N) is 2. The van der Waals surface area contributed by atoms with Crippen LogP contribution in [0.5, 0.6) is 0 Å². The van der Waals surface area contributed by atoms with Crippen LogP contribution in [-0.2, 0) is 0 Å². The van der Waals surface area contributed by atoms with Crippen molar-refractivity contribution in [1.29, 1.82) is 0 Å². The molecule has 5 heteroatoms. The van der Waals surface area contributed by atoms with Crippen LogP contribution in [0.2, 0.25) is 0 Å². The molecule has 0 unspecified atom stereocenters. The number of rotatable bonds is 3. The first-order valence-electron chi connectivity index (χ1n) is 10.7. The summed E-state index contributed by atoms with van der Waals surface area (Å²) in [7, 11) is 0. The molecule has 6 rings (SSSR count). The number of fused-ring (bicyclic) bond motifs is 1. The van der Waals surface area contributed by atoms with Crippen molar-refractivity contribution < 1.29 is 4.79 Å². The Morgan fingerprint density at radius 2 is 1.62 bits per heavy atom. The average Bonchev–Trinajstić information content (AvgIpc) is 2.66. The monoisotopic (exact) mass is 470 g/mol. The van der Waals surface area contributed by atoms with E-state index >= 15 is 0 Å². The van der Waals surface area contributed by atoms with E-state index in [1.54, 1.807) is 0 Å². The Labute approximate surface area is 186 Å². The summed E-state index contributed by atoms with van der Waals surface area (Å²) < 4.78 is 0.987. The fourth-order valence-electron chi connectivity index (χ4n) is 6.73. The lowest BCUT2D eigenvalue weighted by molar-refractivity contribution is -0.0672. The van der Waals surface area contributed by atoms with E-state index < -0.39 is 0 Å². The highest BCUT2D eigenvalue weighted by atomic mass is 79.9. The van der Waals surface area contributed by atoms with Crippen molar-refractivity contribution in [3.8, 4) is 0 Å². The van der Waals surface area contributed by atoms with E-state index in [1.165, 1.54) is 38.5 Å². The molecule has 29 heavy (non-hydrogen) atoms. The molecule has 0 heterocycles. The first kappa shape index (κ1) is 19.5. The van der Waals surface area contributed by atoms with Crippen molar-refractivity contribution in [2.45, 2.75) is 51.5 Å². The maximum absolute atomic E-state index is 13.0. The van der Waals surface area contributed by atoms with Gasteiger partial charge in [0.05, 0.1) is 0 Å². The molecule has 0 aromatic heterocycles. The minimum atomic E-state index is -0.149. The summed E-state index contributed by atoms with van der Waals surface area (Å²) in [6, 6.07) is 12.0. The first-order chi connectivity index (χ1) is 13.9. The summed E-state index contributed by atoms with van der Waals surface area (Å²) in [5.74, 6) is 2.57. The molecule has 0 radical (unpaired) electrons. The SMILES string of the molecule is C[C@H](NC(=S)NC(=O)c1cccc2c(Br)cccc12)C12CC3CC(CC(C3)C1)C2. The van der Waals surface area contributed by atoms with Crippen molar-refractivity contribution >= 4 is 49.9 Å². The van der Waals surface area contributed by atoms with E-state index in [0.717, 1.165) is 33.0 Å². The van der Waals surface area contributed by atoms with Gasteiger partial charge in [0.1, 0.15) is 0 Å². The number of benzene rings is 2. The van der Waals surface area contributed by atoms with Gasteiger partial charge < -0.3 is 5.32 Å². The van der Waals surface area contributed by atoms with E-state index in [9.17, 15) is 4.79 Å². The molecule has 4 aliphatic carbocycles. The van der Waals surface area contributed by atoms with Gasteiger partial charge in [0, 0.05) is 16.1 Å². The summed E-state index contributed by atoms with van der Waals surface area (Å²) in [4.78, 5) is 13.0. The number of amides is 1. The number of carbonyl (C=O) groups is 1. The number of hydrogen-bond acceptors (Lipinski definition) is 2. The third kappa shape index (κ3) is 3.50. The molecular weight excluding hydrogens is 444 g/mol. The molecule has 0 aliphatic heterocycles. The summed E-state index contributed by atoms with van der Waals surface area (Å²) in [6.07, 6.45) is 8.26. The van der Waals surface area contributed by atoms with Crippen molar-refractivity contribution in [1.82, 2.24) is 10.6 Å². The molecule has 1 amide bonds. The molecule has 2 aromatic carbocycles. The zero-order valence-electron chi connectivity index (χ0n) is 16.7. The minimum absolute atomic E-state index is 0.149. The molecule has 4 saturated carbocycles. The van der Waals surface area contributed by atoms with Gasteiger partial charge >= 0.3 is 0 Å². The third-order valence-electron chi connectivity index (χ3n) is 7.69. The van der Waals surface area contributed by atoms with Crippen molar-refractivity contribution in [2.75, 3.05) is 0 Å². The molecule has 4 fully saturated rings. The van der Waals surface area contributed by atoms with E-state index in [1.807, 2.05) is 36.4 Å². The third-order valence-corrected chi connectivity index (χ3v) is 8.60. The standard InChI is InChI=1S/C24H27BrN2OS/c1-14(24-11-15-8-16(12-24)10-17(9-15)13-24)26-23(29)27-22(28)20-6-2-5-19-18(20)4-3-7-21(19)25/h2-7,14-17H,8-13H2,1H3,(H2,26,27,28,29)/t14-,15?,16?,17?,24?/m0/s1. The van der Waals surface area contributed by atoms with Crippen LogP contribution in [0, 0.1) is 23.2 Å². The van der Waals surface area contributed by atoms with Crippen LogP contribution in [0.3, 0.4) is 0 Å². The second-order valence-corrected chi connectivity index (χ2v) is 10.8. The molecule has 2 N–H and O–H groups in total. The number of hydrogen-bond donors (Lipinski definition) is 2. The predicted octanol–water partition coefficient (Wildman–Crippen LogP) is 5.81. The van der Waals surface area contributed by atoms with E-state index in [0.29, 0.717) is 22.1 Å². The van der Waals surface area contributed by atoms with Gasteiger partial charge in [0.2, 0.25) is 0 Å². The van der Waals surface area contributed by atoms with Gasteiger partial charge in [0.25, 0.3) is 5.91 Å². The maximum atomic E-state index is 13.0. The summed E-state index contributed by atoms with van der Waals surface area (Å²) in [6.45, 7) is 2.26. The van der Waals surface area contributed by atoms with Gasteiger partial charge in [-0.15, -0.1) is 0 Å². The summed E-state index contributed by atoms with van der Waals surface area (Å²) in [5.41, 5.74) is 1.00. The topological polar surface area (TPSA) is 41.1 Å². The normalized spacial score (nSPS) is 30.9. The summed E-state index contributed by atoms with van der Waals surface area (Å²) in [5, 5.41) is 8.83. The Balaban J connectivity index is 1.29.